The molecule has 0 unspecified atom stereocenters. The summed E-state index contributed by atoms with van der Waals surface area (Å²) in [6.07, 6.45) is 5.67. The number of hydrogen-bond acceptors (Lipinski definition) is 8. The normalized spacial score (nSPS) is 14.1. The Bertz CT molecular complexity index is 1470. The van der Waals surface area contributed by atoms with Gasteiger partial charge in [-0.05, 0) is 54.3 Å². The summed E-state index contributed by atoms with van der Waals surface area (Å²) in [6.45, 7) is 0.0265. The largest absolute Gasteiger partial charge is 0.493 e. The van der Waals surface area contributed by atoms with Crippen LogP contribution in [-0.2, 0) is 21.4 Å². The Morgan fingerprint density at radius 3 is 2.24 bits per heavy atom. The Morgan fingerprint density at radius 2 is 1.55 bits per heavy atom. The van der Waals surface area contributed by atoms with E-state index in [4.69, 9.17) is 18.9 Å². The summed E-state index contributed by atoms with van der Waals surface area (Å²) in [6, 6.07) is 19.2. The van der Waals surface area contributed by atoms with Crippen molar-refractivity contribution in [3.8, 4) is 23.0 Å². The molecule has 0 saturated heterocycles. The first-order valence-electron chi connectivity index (χ1n) is 13.8. The second kappa shape index (κ2) is 14.7. The van der Waals surface area contributed by atoms with Crippen molar-refractivity contribution in [3.05, 3.63) is 77.9 Å². The zero-order chi connectivity index (χ0) is 30.0. The van der Waals surface area contributed by atoms with Crippen LogP contribution in [0.2, 0.25) is 0 Å². The van der Waals surface area contributed by atoms with E-state index in [-0.39, 0.29) is 17.5 Å². The van der Waals surface area contributed by atoms with Crippen molar-refractivity contribution in [1.29, 1.82) is 0 Å². The molecule has 3 aromatic carbocycles. The van der Waals surface area contributed by atoms with Crippen LogP contribution in [0.15, 0.2) is 76.7 Å². The molecular weight excluding hydrogens is 558 g/mol. The third kappa shape index (κ3) is 7.80. The molecule has 1 aliphatic rings. The van der Waals surface area contributed by atoms with E-state index in [1.165, 1.54) is 36.9 Å². The molecule has 0 radical (unpaired) electrons. The molecule has 0 bridgehead atoms. The van der Waals surface area contributed by atoms with Crippen LogP contribution in [0.5, 0.6) is 23.0 Å². The number of nitrogens with one attached hydrogen (secondary N) is 1. The summed E-state index contributed by atoms with van der Waals surface area (Å²) in [7, 11) is 0.458. The van der Waals surface area contributed by atoms with Crippen LogP contribution in [-0.4, -0.2) is 58.8 Å². The Hall–Kier alpha value is -4.09. The van der Waals surface area contributed by atoms with Crippen molar-refractivity contribution in [2.24, 2.45) is 5.10 Å². The lowest BCUT2D eigenvalue weighted by Crippen LogP contribution is -2.46. The van der Waals surface area contributed by atoms with E-state index in [1.54, 1.807) is 31.4 Å². The average Bonchev–Trinajstić information content (AvgIpc) is 3.03. The van der Waals surface area contributed by atoms with Gasteiger partial charge in [0.15, 0.2) is 23.0 Å². The molecule has 0 aromatic heterocycles. The van der Waals surface area contributed by atoms with E-state index >= 15 is 0 Å². The number of carbonyl (C=O) groups is 1. The van der Waals surface area contributed by atoms with Gasteiger partial charge in [-0.15, -0.1) is 0 Å². The first-order chi connectivity index (χ1) is 20.3. The summed E-state index contributed by atoms with van der Waals surface area (Å²) in [5, 5.41) is 4.06. The highest BCUT2D eigenvalue weighted by molar-refractivity contribution is 7.89. The van der Waals surface area contributed by atoms with Crippen LogP contribution in [0.1, 0.15) is 43.2 Å². The average molecular weight is 596 g/mol. The summed E-state index contributed by atoms with van der Waals surface area (Å²) in [5.41, 5.74) is 4.17. The summed E-state index contributed by atoms with van der Waals surface area (Å²) >= 11 is 0. The quantitative estimate of drug-likeness (QED) is 0.224. The number of sulfonamides is 1. The van der Waals surface area contributed by atoms with Crippen molar-refractivity contribution in [2.45, 2.75) is 49.6 Å². The van der Waals surface area contributed by atoms with Gasteiger partial charge in [0.2, 0.25) is 10.0 Å². The molecule has 1 N–H and O–H groups in total. The Balaban J connectivity index is 1.45. The topological polar surface area (TPSA) is 116 Å². The number of rotatable bonds is 13. The maximum Gasteiger partial charge on any atom is 0.255 e. The minimum atomic E-state index is -4.02. The highest BCUT2D eigenvalue weighted by Crippen LogP contribution is 2.33. The van der Waals surface area contributed by atoms with Crippen molar-refractivity contribution >= 4 is 22.1 Å². The van der Waals surface area contributed by atoms with Crippen LogP contribution in [0.25, 0.3) is 0 Å². The van der Waals surface area contributed by atoms with Crippen LogP contribution in [0, 0.1) is 0 Å². The van der Waals surface area contributed by atoms with Crippen LogP contribution < -0.4 is 24.4 Å². The van der Waals surface area contributed by atoms with Gasteiger partial charge >= 0.3 is 0 Å². The summed E-state index contributed by atoms with van der Waals surface area (Å²) < 4.78 is 50.7. The second-order valence-corrected chi connectivity index (χ2v) is 11.7. The monoisotopic (exact) mass is 595 g/mol. The molecular formula is C31H37N3O7S. The Kier molecular flexibility index (Phi) is 10.8. The number of ether oxygens (including phenoxy) is 4. The highest BCUT2D eigenvalue weighted by atomic mass is 32.2. The second-order valence-electron chi connectivity index (χ2n) is 9.84. The molecule has 0 atom stereocenters. The zero-order valence-electron chi connectivity index (χ0n) is 24.1. The predicted octanol–water partition coefficient (Wildman–Crippen LogP) is 4.77. The maximum absolute atomic E-state index is 13.8. The molecule has 11 heteroatoms. The fourth-order valence-electron chi connectivity index (χ4n) is 4.87. The van der Waals surface area contributed by atoms with Gasteiger partial charge in [0.1, 0.15) is 6.61 Å². The fourth-order valence-corrected chi connectivity index (χ4v) is 6.52. The molecule has 0 aliphatic heterocycles. The number of benzene rings is 3. The number of nitrogens with zero attached hydrogens (tertiary/aromatic N) is 2. The number of hydrazone groups is 1. The fraction of sp³-hybridized carbons (Fsp3) is 0.355. The minimum absolute atomic E-state index is 0.0312. The standard InChI is InChI=1S/C31H37N3O7S/c1-38-27-17-15-26(19-30(27)40-3)42(36,37)34(25-12-8-5-9-13-25)21-31(35)33-32-20-24-14-16-28(29(18-24)39-2)41-22-23-10-6-4-7-11-23/h4,6-7,10-11,14-20,25H,5,8-9,12-13,21-22H2,1-3H3,(H,33,35)/b32-20-. The minimum Gasteiger partial charge on any atom is -0.493 e. The lowest BCUT2D eigenvalue weighted by atomic mass is 9.95. The van der Waals surface area contributed by atoms with E-state index in [2.05, 4.69) is 10.5 Å². The Morgan fingerprint density at radius 1 is 0.881 bits per heavy atom. The predicted molar refractivity (Wildman–Crippen MR) is 160 cm³/mol. The van der Waals surface area contributed by atoms with Crippen molar-refractivity contribution in [3.63, 3.8) is 0 Å². The van der Waals surface area contributed by atoms with E-state index in [0.29, 0.717) is 48.0 Å². The first-order valence-corrected chi connectivity index (χ1v) is 15.2. The molecule has 1 aliphatic carbocycles. The Labute approximate surface area is 247 Å². The van der Waals surface area contributed by atoms with Gasteiger partial charge in [0, 0.05) is 12.1 Å². The summed E-state index contributed by atoms with van der Waals surface area (Å²) in [5.74, 6) is 1.26. The third-order valence-electron chi connectivity index (χ3n) is 7.07. The van der Waals surface area contributed by atoms with Gasteiger partial charge in [-0.2, -0.15) is 9.41 Å². The van der Waals surface area contributed by atoms with Crippen molar-refractivity contribution in [2.75, 3.05) is 27.9 Å². The van der Waals surface area contributed by atoms with Gasteiger partial charge in [-0.3, -0.25) is 4.79 Å². The molecule has 1 fully saturated rings. The van der Waals surface area contributed by atoms with Crippen LogP contribution in [0.4, 0.5) is 0 Å². The van der Waals surface area contributed by atoms with Gasteiger partial charge in [0.05, 0.1) is 39.0 Å². The maximum atomic E-state index is 13.8. The molecule has 42 heavy (non-hydrogen) atoms. The van der Waals surface area contributed by atoms with E-state index in [0.717, 1.165) is 24.8 Å². The molecule has 3 aromatic rings. The molecule has 1 saturated carbocycles. The van der Waals surface area contributed by atoms with Gasteiger partial charge in [-0.25, -0.2) is 13.8 Å². The van der Waals surface area contributed by atoms with Crippen molar-refractivity contribution in [1.82, 2.24) is 9.73 Å². The molecule has 0 spiro atoms. The van der Waals surface area contributed by atoms with Gasteiger partial charge < -0.3 is 18.9 Å². The zero-order valence-corrected chi connectivity index (χ0v) is 24.9. The van der Waals surface area contributed by atoms with Gasteiger partial charge in [-0.1, -0.05) is 49.6 Å². The molecule has 4 rings (SSSR count). The number of amides is 1. The van der Waals surface area contributed by atoms with Crippen molar-refractivity contribution < 1.29 is 32.2 Å². The molecule has 10 nitrogen and oxygen atoms in total. The lowest BCUT2D eigenvalue weighted by molar-refractivity contribution is -0.121. The summed E-state index contributed by atoms with van der Waals surface area (Å²) in [4.78, 5) is 13.0. The van der Waals surface area contributed by atoms with E-state index in [9.17, 15) is 13.2 Å². The van der Waals surface area contributed by atoms with Crippen LogP contribution >= 0.6 is 0 Å². The van der Waals surface area contributed by atoms with E-state index < -0.39 is 15.9 Å². The van der Waals surface area contributed by atoms with Gasteiger partial charge in [0.25, 0.3) is 5.91 Å². The highest BCUT2D eigenvalue weighted by Gasteiger charge is 2.34. The molecule has 0 heterocycles. The van der Waals surface area contributed by atoms with Crippen LogP contribution in [0.3, 0.4) is 0 Å². The smallest absolute Gasteiger partial charge is 0.255 e. The molecule has 1 amide bonds. The lowest BCUT2D eigenvalue weighted by Gasteiger charge is -2.32. The number of hydrogen-bond donors (Lipinski definition) is 1. The van der Waals surface area contributed by atoms with E-state index in [1.807, 2.05) is 30.3 Å². The molecule has 224 valence electrons. The first kappa shape index (κ1) is 30.9. The third-order valence-corrected chi connectivity index (χ3v) is 8.97. The number of carbonyl (C=O) groups excluding carboxylic acids is 1. The number of methoxy groups -OCH3 is 3. The SMILES string of the molecule is COc1ccc(S(=O)(=O)N(CC(=O)N/N=C\c2ccc(OCc3ccccc3)c(OC)c2)C2CCCCC2)cc1OC.